The van der Waals surface area contributed by atoms with Crippen molar-refractivity contribution in [2.75, 3.05) is 6.54 Å². The van der Waals surface area contributed by atoms with E-state index in [2.05, 4.69) is 5.16 Å². The minimum Gasteiger partial charge on any atom is -0.339 e. The molecule has 7 nitrogen and oxygen atoms in total. The lowest BCUT2D eigenvalue weighted by atomic mass is 9.89. The highest BCUT2D eigenvalue weighted by atomic mass is 16.7. The Morgan fingerprint density at radius 2 is 1.89 bits per heavy atom. The molecule has 2 aliphatic heterocycles. The van der Waals surface area contributed by atoms with Gasteiger partial charge in [0.1, 0.15) is 6.61 Å². The second-order valence-electron chi connectivity index (χ2n) is 8.09. The summed E-state index contributed by atoms with van der Waals surface area (Å²) < 4.78 is 5.59. The summed E-state index contributed by atoms with van der Waals surface area (Å²) in [5.41, 5.74) is 1.05. The van der Waals surface area contributed by atoms with Crippen LogP contribution < -0.4 is 0 Å². The van der Waals surface area contributed by atoms with Crippen molar-refractivity contribution < 1.29 is 14.2 Å². The summed E-state index contributed by atoms with van der Waals surface area (Å²) in [5, 5.41) is 5.80. The number of urea groups is 1. The Hall–Kier alpha value is -2.41. The van der Waals surface area contributed by atoms with E-state index in [1.54, 1.807) is 5.06 Å². The smallest absolute Gasteiger partial charge is 0.339 e. The standard InChI is InChI=1S/C21H26N4O3/c26-21-24-13-17(25(21)27-14-15-7-3-1-4-8-15)11-12-18(24)19-22-20(28-23-19)16-9-5-2-6-10-16/h1,3-4,7-8,16-18H,2,5-6,9-14H2/t17-,18+/m1/s1. The van der Waals surface area contributed by atoms with E-state index in [1.807, 2.05) is 35.2 Å². The fourth-order valence-corrected chi connectivity index (χ4v) is 4.68. The maximum atomic E-state index is 12.9. The molecule has 1 aromatic heterocycles. The third kappa shape index (κ3) is 3.28. The van der Waals surface area contributed by atoms with Crippen molar-refractivity contribution in [2.24, 2.45) is 0 Å². The van der Waals surface area contributed by atoms with Crippen LogP contribution in [0.5, 0.6) is 0 Å². The second-order valence-corrected chi connectivity index (χ2v) is 8.09. The van der Waals surface area contributed by atoms with Crippen LogP contribution in [0.1, 0.15) is 74.2 Å². The number of carbonyl (C=O) groups is 1. The monoisotopic (exact) mass is 382 g/mol. The van der Waals surface area contributed by atoms with Crippen LogP contribution in [-0.2, 0) is 11.4 Å². The normalized spacial score (nSPS) is 25.5. The highest BCUT2D eigenvalue weighted by Gasteiger charge is 2.47. The Balaban J connectivity index is 1.26. The zero-order valence-corrected chi connectivity index (χ0v) is 16.0. The maximum Gasteiger partial charge on any atom is 0.344 e. The molecule has 5 rings (SSSR count). The molecular weight excluding hydrogens is 356 g/mol. The van der Waals surface area contributed by atoms with Crippen LogP contribution in [0.4, 0.5) is 4.79 Å². The van der Waals surface area contributed by atoms with Gasteiger partial charge < -0.3 is 9.42 Å². The molecule has 2 aromatic rings. The number of fused-ring (bicyclic) bond motifs is 2. The molecule has 1 saturated carbocycles. The number of hydrogen-bond donors (Lipinski definition) is 0. The minimum atomic E-state index is -0.116. The van der Waals surface area contributed by atoms with Crippen LogP contribution in [0.2, 0.25) is 0 Å². The molecule has 3 aliphatic rings. The van der Waals surface area contributed by atoms with Crippen LogP contribution in [0, 0.1) is 0 Å². The molecule has 1 aliphatic carbocycles. The van der Waals surface area contributed by atoms with Gasteiger partial charge in [-0.2, -0.15) is 10.0 Å². The maximum absolute atomic E-state index is 12.9. The zero-order chi connectivity index (χ0) is 18.9. The summed E-state index contributed by atoms with van der Waals surface area (Å²) in [5.74, 6) is 1.78. The van der Waals surface area contributed by atoms with Gasteiger partial charge in [-0.3, -0.25) is 4.84 Å². The van der Waals surface area contributed by atoms with Crippen LogP contribution >= 0.6 is 0 Å². The molecular formula is C21H26N4O3. The van der Waals surface area contributed by atoms with E-state index in [4.69, 9.17) is 14.3 Å². The first-order valence-electron chi connectivity index (χ1n) is 10.4. The molecule has 2 amide bonds. The van der Waals surface area contributed by atoms with E-state index in [0.29, 0.717) is 24.9 Å². The van der Waals surface area contributed by atoms with Gasteiger partial charge in [-0.1, -0.05) is 54.8 Å². The van der Waals surface area contributed by atoms with Crippen molar-refractivity contribution in [2.45, 2.75) is 69.6 Å². The quantitative estimate of drug-likeness (QED) is 0.775. The van der Waals surface area contributed by atoms with Gasteiger partial charge in [-0.25, -0.2) is 4.79 Å². The van der Waals surface area contributed by atoms with Gasteiger partial charge in [-0.15, -0.1) is 0 Å². The van der Waals surface area contributed by atoms with E-state index in [-0.39, 0.29) is 18.1 Å². The molecule has 148 valence electrons. The number of benzene rings is 1. The molecule has 3 fully saturated rings. The van der Waals surface area contributed by atoms with Gasteiger partial charge in [0.25, 0.3) is 0 Å². The molecule has 0 N–H and O–H groups in total. The van der Waals surface area contributed by atoms with E-state index in [1.165, 1.54) is 19.3 Å². The molecule has 7 heteroatoms. The number of hydroxylamine groups is 2. The zero-order valence-electron chi connectivity index (χ0n) is 16.0. The number of amides is 2. The van der Waals surface area contributed by atoms with Crippen molar-refractivity contribution in [3.8, 4) is 0 Å². The third-order valence-electron chi connectivity index (χ3n) is 6.25. The van der Waals surface area contributed by atoms with Gasteiger partial charge in [0.05, 0.1) is 12.1 Å². The summed E-state index contributed by atoms with van der Waals surface area (Å²) in [7, 11) is 0. The lowest BCUT2D eigenvalue weighted by molar-refractivity contribution is -0.140. The first-order valence-corrected chi connectivity index (χ1v) is 10.4. The molecule has 0 spiro atoms. The first-order chi connectivity index (χ1) is 13.8. The number of aromatic nitrogens is 2. The Labute approximate surface area is 164 Å². The third-order valence-corrected chi connectivity index (χ3v) is 6.25. The van der Waals surface area contributed by atoms with Gasteiger partial charge in [0.15, 0.2) is 5.82 Å². The SMILES string of the molecule is O=C1N2C[C@@H](CC[C@H]2c2noc(C3CCCCC3)n2)N1OCc1ccccc1. The van der Waals surface area contributed by atoms with Crippen molar-refractivity contribution in [1.29, 1.82) is 0 Å². The van der Waals surface area contributed by atoms with E-state index in [0.717, 1.165) is 37.1 Å². The van der Waals surface area contributed by atoms with E-state index >= 15 is 0 Å². The largest absolute Gasteiger partial charge is 0.344 e. The molecule has 2 bridgehead atoms. The molecule has 1 aromatic carbocycles. The lowest BCUT2D eigenvalue weighted by Gasteiger charge is -2.27. The number of carbonyl (C=O) groups excluding carboxylic acids is 1. The predicted octanol–water partition coefficient (Wildman–Crippen LogP) is 4.19. The summed E-state index contributed by atoms with van der Waals surface area (Å²) in [6.45, 7) is 1.06. The van der Waals surface area contributed by atoms with Gasteiger partial charge >= 0.3 is 6.03 Å². The first kappa shape index (κ1) is 17.7. The van der Waals surface area contributed by atoms with Gasteiger partial charge in [-0.05, 0) is 31.2 Å². The van der Waals surface area contributed by atoms with E-state index < -0.39 is 0 Å². The summed E-state index contributed by atoms with van der Waals surface area (Å²) in [6.07, 6.45) is 7.72. The van der Waals surface area contributed by atoms with Gasteiger partial charge in [0, 0.05) is 12.5 Å². The Morgan fingerprint density at radius 1 is 1.07 bits per heavy atom. The molecule has 3 heterocycles. The summed E-state index contributed by atoms with van der Waals surface area (Å²) in [6, 6.07) is 9.81. The molecule has 0 unspecified atom stereocenters. The average Bonchev–Trinajstić information content (AvgIpc) is 3.33. The minimum absolute atomic E-state index is 0.0903. The van der Waals surface area contributed by atoms with Crippen LogP contribution in [0.25, 0.3) is 0 Å². The number of hydrogen-bond acceptors (Lipinski definition) is 5. The topological polar surface area (TPSA) is 71.7 Å². The van der Waals surface area contributed by atoms with Crippen LogP contribution in [0.3, 0.4) is 0 Å². The Kier molecular flexibility index (Phi) is 4.76. The molecule has 2 atom stereocenters. The molecule has 2 saturated heterocycles. The fourth-order valence-electron chi connectivity index (χ4n) is 4.68. The van der Waals surface area contributed by atoms with E-state index in [9.17, 15) is 4.79 Å². The van der Waals surface area contributed by atoms with Crippen molar-refractivity contribution >= 4 is 6.03 Å². The Bertz CT molecular complexity index is 818. The average molecular weight is 382 g/mol. The van der Waals surface area contributed by atoms with Crippen LogP contribution in [0.15, 0.2) is 34.9 Å². The Morgan fingerprint density at radius 3 is 2.71 bits per heavy atom. The van der Waals surface area contributed by atoms with Crippen LogP contribution in [-0.4, -0.2) is 38.7 Å². The predicted molar refractivity (Wildman–Crippen MR) is 101 cm³/mol. The number of nitrogens with zero attached hydrogens (tertiary/aromatic N) is 4. The lowest BCUT2D eigenvalue weighted by Crippen LogP contribution is -2.34. The fraction of sp³-hybridized carbons (Fsp3) is 0.571. The van der Waals surface area contributed by atoms with Gasteiger partial charge in [0.2, 0.25) is 5.89 Å². The number of rotatable bonds is 5. The number of piperidine rings is 1. The second kappa shape index (κ2) is 7.54. The highest BCUT2D eigenvalue weighted by molar-refractivity contribution is 5.77. The highest BCUT2D eigenvalue weighted by Crippen LogP contribution is 2.39. The van der Waals surface area contributed by atoms with Crippen molar-refractivity contribution in [3.63, 3.8) is 0 Å². The molecule has 28 heavy (non-hydrogen) atoms. The summed E-state index contributed by atoms with van der Waals surface area (Å²) in [4.78, 5) is 25.4. The van der Waals surface area contributed by atoms with Crippen molar-refractivity contribution in [3.05, 3.63) is 47.6 Å². The molecule has 0 radical (unpaired) electrons. The summed E-state index contributed by atoms with van der Waals surface area (Å²) >= 11 is 0. The van der Waals surface area contributed by atoms with Crippen molar-refractivity contribution in [1.82, 2.24) is 20.1 Å².